The van der Waals surface area contributed by atoms with E-state index in [-0.39, 0.29) is 42.7 Å². The molecule has 3 atom stereocenters. The third-order valence-electron chi connectivity index (χ3n) is 7.44. The number of carbonyl (C=O) groups is 3. The summed E-state index contributed by atoms with van der Waals surface area (Å²) in [6.07, 6.45) is 0.774. The molecule has 0 radical (unpaired) electrons. The molecule has 1 fully saturated rings. The average molecular weight is 549 g/mol. The van der Waals surface area contributed by atoms with Gasteiger partial charge in [-0.05, 0) is 47.4 Å². The Balaban J connectivity index is 1.47. The minimum absolute atomic E-state index is 0.0684. The summed E-state index contributed by atoms with van der Waals surface area (Å²) >= 11 is 0. The zero-order valence-corrected chi connectivity index (χ0v) is 23.2. The van der Waals surface area contributed by atoms with Crippen LogP contribution < -0.4 is 10.6 Å². The highest BCUT2D eigenvalue weighted by atomic mass is 19.1. The van der Waals surface area contributed by atoms with Crippen molar-refractivity contribution in [3.63, 3.8) is 0 Å². The highest BCUT2D eigenvalue weighted by Gasteiger charge is 2.36. The van der Waals surface area contributed by atoms with Crippen LogP contribution in [0, 0.1) is 5.82 Å². The fourth-order valence-corrected chi connectivity index (χ4v) is 5.36. The molecule has 3 unspecified atom stereocenters. The number of hydrogen-bond donors (Lipinski definition) is 2. The molecule has 0 bridgehead atoms. The van der Waals surface area contributed by atoms with E-state index in [1.165, 1.54) is 19.2 Å². The van der Waals surface area contributed by atoms with Crippen molar-refractivity contribution < 1.29 is 23.5 Å². The van der Waals surface area contributed by atoms with Crippen LogP contribution in [0.2, 0.25) is 0 Å². The normalized spacial score (nSPS) is 17.3. The third kappa shape index (κ3) is 7.22. The zero-order valence-electron chi connectivity index (χ0n) is 23.2. The fraction of sp³-hybridized carbons (Fsp3) is 0.387. The SMILES string of the molecule is CNC(=O)C(Cc1ccc2ccccc2c1)N1CCN(C(=O)C(Cc2ccc(F)cc2)NC(=O)COC)C(C)C1. The van der Waals surface area contributed by atoms with Gasteiger partial charge in [-0.25, -0.2) is 4.39 Å². The molecule has 4 rings (SSSR count). The second kappa shape index (κ2) is 13.5. The van der Waals surface area contributed by atoms with Gasteiger partial charge in [-0.3, -0.25) is 19.3 Å². The van der Waals surface area contributed by atoms with Crippen LogP contribution >= 0.6 is 0 Å². The number of halogens is 1. The number of amides is 3. The quantitative estimate of drug-likeness (QED) is 0.407. The minimum atomic E-state index is -0.825. The summed E-state index contributed by atoms with van der Waals surface area (Å²) in [5, 5.41) is 7.86. The lowest BCUT2D eigenvalue weighted by atomic mass is 9.98. The van der Waals surface area contributed by atoms with Gasteiger partial charge in [-0.15, -0.1) is 0 Å². The number of fused-ring (bicyclic) bond motifs is 1. The molecule has 212 valence electrons. The van der Waals surface area contributed by atoms with Crippen LogP contribution in [0.1, 0.15) is 18.1 Å². The number of carbonyl (C=O) groups excluding carboxylic acids is 3. The van der Waals surface area contributed by atoms with E-state index >= 15 is 0 Å². The van der Waals surface area contributed by atoms with Gasteiger partial charge >= 0.3 is 0 Å². The molecule has 3 aromatic rings. The smallest absolute Gasteiger partial charge is 0.246 e. The number of ether oxygens (including phenoxy) is 1. The summed E-state index contributed by atoms with van der Waals surface area (Å²) in [6.45, 7) is 3.21. The highest BCUT2D eigenvalue weighted by molar-refractivity contribution is 5.89. The molecule has 0 aromatic heterocycles. The van der Waals surface area contributed by atoms with Gasteiger partial charge in [0, 0.05) is 46.3 Å². The summed E-state index contributed by atoms with van der Waals surface area (Å²) in [5.41, 5.74) is 1.80. The van der Waals surface area contributed by atoms with Crippen molar-refractivity contribution in [1.82, 2.24) is 20.4 Å². The first-order valence-corrected chi connectivity index (χ1v) is 13.6. The largest absolute Gasteiger partial charge is 0.375 e. The first kappa shape index (κ1) is 29.2. The maximum Gasteiger partial charge on any atom is 0.246 e. The molecule has 9 heteroatoms. The predicted molar refractivity (Wildman–Crippen MR) is 152 cm³/mol. The van der Waals surface area contributed by atoms with Crippen LogP contribution in [0.4, 0.5) is 4.39 Å². The standard InChI is InChI=1S/C31H37FN4O4/c1-21-19-35(28(30(38)33-2)18-23-8-11-24-6-4-5-7-25(24)16-23)14-15-36(21)31(39)27(34-29(37)20-40-3)17-22-9-12-26(32)13-10-22/h4-13,16,21,27-28H,14-15,17-20H2,1-3H3,(H,33,38)(H,34,37). The van der Waals surface area contributed by atoms with Crippen molar-refractivity contribution in [2.24, 2.45) is 0 Å². The van der Waals surface area contributed by atoms with E-state index in [4.69, 9.17) is 4.74 Å². The minimum Gasteiger partial charge on any atom is -0.375 e. The Kier molecular flexibility index (Phi) is 9.84. The van der Waals surface area contributed by atoms with E-state index in [9.17, 15) is 18.8 Å². The van der Waals surface area contributed by atoms with Crippen LogP contribution in [0.15, 0.2) is 66.7 Å². The van der Waals surface area contributed by atoms with Crippen molar-refractivity contribution in [3.05, 3.63) is 83.7 Å². The number of rotatable bonds is 10. The molecule has 3 amide bonds. The van der Waals surface area contributed by atoms with E-state index in [0.717, 1.165) is 21.9 Å². The van der Waals surface area contributed by atoms with E-state index in [1.807, 2.05) is 19.1 Å². The molecule has 0 saturated carbocycles. The molecule has 2 N–H and O–H groups in total. The van der Waals surface area contributed by atoms with Gasteiger partial charge in [0.05, 0.1) is 6.04 Å². The lowest BCUT2D eigenvalue weighted by molar-refractivity contribution is -0.142. The molecular formula is C31H37FN4O4. The van der Waals surface area contributed by atoms with Crippen molar-refractivity contribution >= 4 is 28.5 Å². The van der Waals surface area contributed by atoms with E-state index in [0.29, 0.717) is 26.1 Å². The topological polar surface area (TPSA) is 91.0 Å². The lowest BCUT2D eigenvalue weighted by Gasteiger charge is -2.43. The first-order chi connectivity index (χ1) is 19.3. The maximum atomic E-state index is 13.7. The molecule has 3 aromatic carbocycles. The number of piperazine rings is 1. The van der Waals surface area contributed by atoms with Crippen molar-refractivity contribution in [3.8, 4) is 0 Å². The Morgan fingerprint density at radius 3 is 2.35 bits per heavy atom. The molecule has 1 aliphatic heterocycles. The Labute approximate surface area is 234 Å². The summed E-state index contributed by atoms with van der Waals surface area (Å²) in [6, 6.07) is 18.9. The van der Waals surface area contributed by atoms with Gasteiger partial charge in [-0.2, -0.15) is 0 Å². The molecule has 40 heavy (non-hydrogen) atoms. The number of nitrogens with one attached hydrogen (secondary N) is 2. The number of nitrogens with zero attached hydrogens (tertiary/aromatic N) is 2. The maximum absolute atomic E-state index is 13.7. The summed E-state index contributed by atoms with van der Waals surface area (Å²) in [4.78, 5) is 42.9. The fourth-order valence-electron chi connectivity index (χ4n) is 5.36. The van der Waals surface area contributed by atoms with Crippen molar-refractivity contribution in [2.75, 3.05) is 40.4 Å². The Hall–Kier alpha value is -3.82. The summed E-state index contributed by atoms with van der Waals surface area (Å²) in [7, 11) is 3.06. The van der Waals surface area contributed by atoms with Crippen LogP contribution in [0.3, 0.4) is 0 Å². The van der Waals surface area contributed by atoms with Gasteiger partial charge in [-0.1, -0.05) is 54.6 Å². The number of methoxy groups -OCH3 is 1. The van der Waals surface area contributed by atoms with Crippen molar-refractivity contribution in [1.29, 1.82) is 0 Å². The Morgan fingerprint density at radius 2 is 1.68 bits per heavy atom. The van der Waals surface area contributed by atoms with Gasteiger partial charge in [0.25, 0.3) is 0 Å². The first-order valence-electron chi connectivity index (χ1n) is 13.6. The van der Waals surface area contributed by atoms with Crippen LogP contribution in [0.25, 0.3) is 10.8 Å². The van der Waals surface area contributed by atoms with E-state index in [1.54, 1.807) is 24.1 Å². The van der Waals surface area contributed by atoms with Crippen LogP contribution in [-0.2, 0) is 32.0 Å². The highest BCUT2D eigenvalue weighted by Crippen LogP contribution is 2.21. The van der Waals surface area contributed by atoms with Crippen molar-refractivity contribution in [2.45, 2.75) is 37.9 Å². The number of hydrogen-bond acceptors (Lipinski definition) is 5. The predicted octanol–water partition coefficient (Wildman–Crippen LogP) is 2.54. The molecule has 1 saturated heterocycles. The summed E-state index contributed by atoms with van der Waals surface area (Å²) in [5.74, 6) is -1.05. The van der Waals surface area contributed by atoms with Crippen LogP contribution in [0.5, 0.6) is 0 Å². The van der Waals surface area contributed by atoms with E-state index in [2.05, 4.69) is 45.9 Å². The zero-order chi connectivity index (χ0) is 28.6. The van der Waals surface area contributed by atoms with Gasteiger partial charge in [0.1, 0.15) is 18.5 Å². The Bertz CT molecular complexity index is 1330. The monoisotopic (exact) mass is 548 g/mol. The second-order valence-electron chi connectivity index (χ2n) is 10.3. The van der Waals surface area contributed by atoms with Gasteiger partial charge in [0.15, 0.2) is 0 Å². The Morgan fingerprint density at radius 1 is 0.975 bits per heavy atom. The molecule has 1 heterocycles. The molecule has 1 aliphatic rings. The summed E-state index contributed by atoms with van der Waals surface area (Å²) < 4.78 is 18.4. The molecule has 0 aliphatic carbocycles. The van der Waals surface area contributed by atoms with Crippen LogP contribution in [-0.4, -0.2) is 86.0 Å². The lowest BCUT2D eigenvalue weighted by Crippen LogP contribution is -2.62. The molecular weight excluding hydrogens is 511 g/mol. The molecule has 0 spiro atoms. The van der Waals surface area contributed by atoms with E-state index < -0.39 is 11.9 Å². The van der Waals surface area contributed by atoms with Gasteiger partial charge in [0.2, 0.25) is 17.7 Å². The van der Waals surface area contributed by atoms with Gasteiger partial charge < -0.3 is 20.3 Å². The third-order valence-corrected chi connectivity index (χ3v) is 7.44. The average Bonchev–Trinajstić information content (AvgIpc) is 2.96. The number of benzene rings is 3. The number of likely N-dealkylation sites (N-methyl/N-ethyl adjacent to an activating group) is 1. The molecule has 8 nitrogen and oxygen atoms in total. The second-order valence-corrected chi connectivity index (χ2v) is 10.3.